The summed E-state index contributed by atoms with van der Waals surface area (Å²) in [6.07, 6.45) is 3.06. The molecule has 1 amide bonds. The van der Waals surface area contributed by atoms with Crippen molar-refractivity contribution in [2.75, 3.05) is 6.54 Å². The van der Waals surface area contributed by atoms with Crippen LogP contribution in [0.2, 0.25) is 0 Å². The van der Waals surface area contributed by atoms with Crippen LogP contribution < -0.4 is 5.32 Å². The van der Waals surface area contributed by atoms with Crippen molar-refractivity contribution in [1.29, 1.82) is 0 Å². The van der Waals surface area contributed by atoms with Crippen LogP contribution in [0.25, 0.3) is 11.0 Å². The Kier molecular flexibility index (Phi) is 5.22. The van der Waals surface area contributed by atoms with E-state index in [2.05, 4.69) is 35.0 Å². The fourth-order valence-corrected chi connectivity index (χ4v) is 2.43. The number of carbonyl (C=O) groups excluding carboxylic acids is 1. The van der Waals surface area contributed by atoms with Crippen LogP contribution in [0.5, 0.6) is 0 Å². The first-order chi connectivity index (χ1) is 10.4. The second kappa shape index (κ2) is 6.95. The van der Waals surface area contributed by atoms with Gasteiger partial charge in [0.05, 0.1) is 11.0 Å². The second-order valence-corrected chi connectivity index (χ2v) is 6.78. The highest BCUT2D eigenvalue weighted by atomic mass is 16.2. The van der Waals surface area contributed by atoms with Crippen LogP contribution in [-0.4, -0.2) is 22.0 Å². The summed E-state index contributed by atoms with van der Waals surface area (Å²) in [4.78, 5) is 16.7. The van der Waals surface area contributed by atoms with Gasteiger partial charge in [0.25, 0.3) is 0 Å². The van der Waals surface area contributed by atoms with E-state index in [1.54, 1.807) is 0 Å². The van der Waals surface area contributed by atoms with Crippen molar-refractivity contribution >= 4 is 16.9 Å². The number of carbonyl (C=O) groups is 1. The Morgan fingerprint density at radius 3 is 2.68 bits per heavy atom. The van der Waals surface area contributed by atoms with Gasteiger partial charge in [0.2, 0.25) is 5.91 Å². The number of nitrogens with one attached hydrogen (secondary N) is 1. The molecule has 1 N–H and O–H groups in total. The highest BCUT2D eigenvalue weighted by Gasteiger charge is 2.20. The van der Waals surface area contributed by atoms with E-state index < -0.39 is 0 Å². The van der Waals surface area contributed by atoms with Crippen LogP contribution in [0, 0.1) is 5.41 Å². The predicted octanol–water partition coefficient (Wildman–Crippen LogP) is 3.54. The first-order valence-electron chi connectivity index (χ1n) is 8.16. The summed E-state index contributed by atoms with van der Waals surface area (Å²) in [6, 6.07) is 8.24. The number of para-hydroxylation sites is 2. The van der Waals surface area contributed by atoms with Gasteiger partial charge in [-0.25, -0.2) is 4.98 Å². The maximum absolute atomic E-state index is 11.9. The van der Waals surface area contributed by atoms with Gasteiger partial charge >= 0.3 is 0 Å². The minimum atomic E-state index is -0.345. The number of nitrogens with zero attached hydrogens (tertiary/aromatic N) is 2. The number of imidazole rings is 1. The zero-order valence-corrected chi connectivity index (χ0v) is 14.1. The van der Waals surface area contributed by atoms with E-state index in [4.69, 9.17) is 4.98 Å². The van der Waals surface area contributed by atoms with Gasteiger partial charge in [0.1, 0.15) is 5.82 Å². The monoisotopic (exact) mass is 301 g/mol. The standard InChI is InChI=1S/C18H27N3O/c1-5-6-13-21-15-10-8-7-9-14(15)20-16(21)11-12-19-17(22)18(2,3)4/h7-10H,5-6,11-13H2,1-4H3,(H,19,22). The maximum Gasteiger partial charge on any atom is 0.225 e. The molecule has 2 rings (SSSR count). The molecule has 2 aromatic rings. The third kappa shape index (κ3) is 3.87. The highest BCUT2D eigenvalue weighted by molar-refractivity contribution is 5.81. The third-order valence-corrected chi connectivity index (χ3v) is 3.78. The molecule has 0 saturated heterocycles. The van der Waals surface area contributed by atoms with Gasteiger partial charge in [0.15, 0.2) is 0 Å². The second-order valence-electron chi connectivity index (χ2n) is 6.78. The van der Waals surface area contributed by atoms with Crippen LogP contribution >= 0.6 is 0 Å². The number of hydrogen-bond donors (Lipinski definition) is 1. The molecule has 0 aliphatic heterocycles. The Morgan fingerprint density at radius 1 is 1.27 bits per heavy atom. The minimum absolute atomic E-state index is 0.0868. The van der Waals surface area contributed by atoms with E-state index in [9.17, 15) is 4.79 Å². The van der Waals surface area contributed by atoms with E-state index in [0.717, 1.165) is 37.1 Å². The number of rotatable bonds is 6. The van der Waals surface area contributed by atoms with Gasteiger partial charge in [0, 0.05) is 24.9 Å². The normalized spacial score (nSPS) is 11.8. The number of aromatic nitrogens is 2. The van der Waals surface area contributed by atoms with Crippen LogP contribution in [0.4, 0.5) is 0 Å². The maximum atomic E-state index is 11.9. The summed E-state index contributed by atoms with van der Waals surface area (Å²) in [5.74, 6) is 1.15. The number of benzene rings is 1. The summed E-state index contributed by atoms with van der Waals surface area (Å²) >= 11 is 0. The smallest absolute Gasteiger partial charge is 0.225 e. The Balaban J connectivity index is 2.11. The molecular weight excluding hydrogens is 274 g/mol. The molecule has 0 aliphatic carbocycles. The highest BCUT2D eigenvalue weighted by Crippen LogP contribution is 2.17. The van der Waals surface area contributed by atoms with Crippen molar-refractivity contribution in [2.45, 2.75) is 53.5 Å². The zero-order valence-electron chi connectivity index (χ0n) is 14.1. The van der Waals surface area contributed by atoms with Crippen LogP contribution in [0.3, 0.4) is 0 Å². The van der Waals surface area contributed by atoms with E-state index in [1.807, 2.05) is 26.8 Å². The summed E-state index contributed by atoms with van der Waals surface area (Å²) < 4.78 is 2.29. The molecule has 0 radical (unpaired) electrons. The molecule has 0 fully saturated rings. The Morgan fingerprint density at radius 2 is 2.00 bits per heavy atom. The Labute approximate surface area is 132 Å². The molecule has 1 aromatic heterocycles. The minimum Gasteiger partial charge on any atom is -0.355 e. The molecule has 0 saturated carbocycles. The lowest BCUT2D eigenvalue weighted by molar-refractivity contribution is -0.128. The first kappa shape index (κ1) is 16.5. The summed E-state index contributed by atoms with van der Waals surface area (Å²) in [7, 11) is 0. The molecule has 4 nitrogen and oxygen atoms in total. The number of fused-ring (bicyclic) bond motifs is 1. The van der Waals surface area contributed by atoms with Crippen molar-refractivity contribution in [3.63, 3.8) is 0 Å². The predicted molar refractivity (Wildman–Crippen MR) is 90.8 cm³/mol. The molecule has 120 valence electrons. The van der Waals surface area contributed by atoms with E-state index in [-0.39, 0.29) is 11.3 Å². The van der Waals surface area contributed by atoms with E-state index >= 15 is 0 Å². The molecule has 0 atom stereocenters. The number of hydrogen-bond acceptors (Lipinski definition) is 2. The molecule has 4 heteroatoms. The van der Waals surface area contributed by atoms with Gasteiger partial charge in [-0.05, 0) is 18.6 Å². The van der Waals surface area contributed by atoms with Crippen molar-refractivity contribution in [3.05, 3.63) is 30.1 Å². The lowest BCUT2D eigenvalue weighted by Crippen LogP contribution is -2.36. The van der Waals surface area contributed by atoms with Gasteiger partial charge in [-0.15, -0.1) is 0 Å². The van der Waals surface area contributed by atoms with Crippen LogP contribution in [0.15, 0.2) is 24.3 Å². The van der Waals surface area contributed by atoms with Gasteiger partial charge in [-0.1, -0.05) is 46.2 Å². The zero-order chi connectivity index (χ0) is 16.2. The average molecular weight is 301 g/mol. The molecule has 1 aromatic carbocycles. The summed E-state index contributed by atoms with van der Waals surface area (Å²) in [5.41, 5.74) is 1.88. The van der Waals surface area contributed by atoms with E-state index in [0.29, 0.717) is 6.54 Å². The Hall–Kier alpha value is -1.84. The summed E-state index contributed by atoms with van der Waals surface area (Å²) in [6.45, 7) is 9.60. The molecule has 1 heterocycles. The molecule has 0 bridgehead atoms. The van der Waals surface area contributed by atoms with Crippen molar-refractivity contribution < 1.29 is 4.79 Å². The largest absolute Gasteiger partial charge is 0.355 e. The molecular formula is C18H27N3O. The first-order valence-corrected chi connectivity index (χ1v) is 8.16. The quantitative estimate of drug-likeness (QED) is 0.887. The molecule has 22 heavy (non-hydrogen) atoms. The molecule has 0 unspecified atom stereocenters. The van der Waals surface area contributed by atoms with Gasteiger partial charge in [-0.3, -0.25) is 4.79 Å². The summed E-state index contributed by atoms with van der Waals surface area (Å²) in [5, 5.41) is 3.01. The fraction of sp³-hybridized carbons (Fsp3) is 0.556. The van der Waals surface area contributed by atoms with Crippen LogP contribution in [-0.2, 0) is 17.8 Å². The van der Waals surface area contributed by atoms with Crippen molar-refractivity contribution in [3.8, 4) is 0 Å². The molecule has 0 aliphatic rings. The van der Waals surface area contributed by atoms with Gasteiger partial charge < -0.3 is 9.88 Å². The lowest BCUT2D eigenvalue weighted by Gasteiger charge is -2.17. The molecule has 0 spiro atoms. The van der Waals surface area contributed by atoms with Crippen molar-refractivity contribution in [2.24, 2.45) is 5.41 Å². The Bertz CT molecular complexity index is 637. The third-order valence-electron chi connectivity index (χ3n) is 3.78. The van der Waals surface area contributed by atoms with Gasteiger partial charge in [-0.2, -0.15) is 0 Å². The SMILES string of the molecule is CCCCn1c(CCNC(=O)C(C)(C)C)nc2ccccc21. The van der Waals surface area contributed by atoms with Crippen LogP contribution in [0.1, 0.15) is 46.4 Å². The number of aryl methyl sites for hydroxylation is 1. The number of unbranched alkanes of at least 4 members (excludes halogenated alkanes) is 1. The van der Waals surface area contributed by atoms with E-state index in [1.165, 1.54) is 5.52 Å². The van der Waals surface area contributed by atoms with Crippen molar-refractivity contribution in [1.82, 2.24) is 14.9 Å². The average Bonchev–Trinajstić information content (AvgIpc) is 2.81. The topological polar surface area (TPSA) is 46.9 Å². The fourth-order valence-electron chi connectivity index (χ4n) is 2.43. The lowest BCUT2D eigenvalue weighted by atomic mass is 9.96. The number of amides is 1.